The summed E-state index contributed by atoms with van der Waals surface area (Å²) >= 11 is 0. The van der Waals surface area contributed by atoms with Gasteiger partial charge in [-0.15, -0.1) is 0 Å². The number of rotatable bonds is 7. The first-order valence-corrected chi connectivity index (χ1v) is 8.68. The van der Waals surface area contributed by atoms with Crippen LogP contribution in [0.1, 0.15) is 28.8 Å². The summed E-state index contributed by atoms with van der Waals surface area (Å²) < 4.78 is 0. The molecule has 0 unspecified atom stereocenters. The third-order valence-electron chi connectivity index (χ3n) is 4.69. The molecular weight excluding hydrogens is 324 g/mol. The highest BCUT2D eigenvalue weighted by molar-refractivity contribution is 5.94. The van der Waals surface area contributed by atoms with Crippen LogP contribution in [-0.4, -0.2) is 81.8 Å². The van der Waals surface area contributed by atoms with Gasteiger partial charge in [-0.05, 0) is 38.4 Å². The summed E-state index contributed by atoms with van der Waals surface area (Å²) in [4.78, 5) is 13.8. The van der Waals surface area contributed by atoms with Gasteiger partial charge in [-0.25, -0.2) is 0 Å². The Morgan fingerprint density at radius 3 is 2.48 bits per heavy atom. The predicted octanol–water partition coefficient (Wildman–Crippen LogP) is -0.736. The Bertz CT molecular complexity index is 551. The minimum atomic E-state index is -1.23. The lowest BCUT2D eigenvalue weighted by Gasteiger charge is -2.43. The number of nitrogens with zero attached hydrogens (tertiary/aromatic N) is 1. The molecule has 2 rings (SSSR count). The minimum absolute atomic E-state index is 0.111. The van der Waals surface area contributed by atoms with E-state index in [0.29, 0.717) is 18.7 Å². The van der Waals surface area contributed by atoms with Crippen molar-refractivity contribution in [3.63, 3.8) is 0 Å². The van der Waals surface area contributed by atoms with E-state index in [1.807, 2.05) is 19.1 Å². The summed E-state index contributed by atoms with van der Waals surface area (Å²) in [5, 5.41) is 41.6. The van der Waals surface area contributed by atoms with Crippen LogP contribution in [0.5, 0.6) is 0 Å². The highest BCUT2D eigenvalue weighted by Gasteiger charge is 2.40. The lowest BCUT2D eigenvalue weighted by molar-refractivity contribution is -0.145. The Balaban J connectivity index is 1.71. The largest absolute Gasteiger partial charge is 0.395 e. The van der Waals surface area contributed by atoms with Crippen molar-refractivity contribution in [3.05, 3.63) is 35.4 Å². The predicted molar refractivity (Wildman–Crippen MR) is 93.2 cm³/mol. The molecule has 7 heteroatoms. The number of carbonyl (C=O) groups is 1. The van der Waals surface area contributed by atoms with Crippen LogP contribution in [0.3, 0.4) is 0 Å². The quantitative estimate of drug-likeness (QED) is 0.413. The number of hydrogen-bond acceptors (Lipinski definition) is 6. The van der Waals surface area contributed by atoms with E-state index in [1.165, 1.54) is 0 Å². The lowest BCUT2D eigenvalue weighted by Crippen LogP contribution is -2.62. The van der Waals surface area contributed by atoms with Gasteiger partial charge in [-0.3, -0.25) is 9.69 Å². The zero-order chi connectivity index (χ0) is 18.4. The van der Waals surface area contributed by atoms with Crippen molar-refractivity contribution in [2.75, 3.05) is 26.2 Å². The number of carbonyl (C=O) groups excluding carboxylic acids is 1. The normalized spacial score (nSPS) is 27.2. The smallest absolute Gasteiger partial charge is 0.251 e. The third-order valence-corrected chi connectivity index (χ3v) is 4.69. The number of benzene rings is 1. The third kappa shape index (κ3) is 5.23. The zero-order valence-electron chi connectivity index (χ0n) is 14.5. The first-order valence-electron chi connectivity index (χ1n) is 8.68. The van der Waals surface area contributed by atoms with Crippen molar-refractivity contribution in [2.45, 2.75) is 44.1 Å². The van der Waals surface area contributed by atoms with E-state index in [9.17, 15) is 25.2 Å². The SMILES string of the molecule is Cc1ccc(C(=O)NCCCCN2C[C@H](O)[C@@H](O)[C@H](O)[C@H]2CO)cc1. The molecule has 0 aromatic heterocycles. The Kier molecular flexibility index (Phi) is 7.34. The van der Waals surface area contributed by atoms with Crippen LogP contribution in [0, 0.1) is 6.92 Å². The summed E-state index contributed by atoms with van der Waals surface area (Å²) in [7, 11) is 0. The summed E-state index contributed by atoms with van der Waals surface area (Å²) in [6.07, 6.45) is -1.96. The number of piperidine rings is 1. The van der Waals surface area contributed by atoms with Crippen LogP contribution in [0.2, 0.25) is 0 Å². The fourth-order valence-corrected chi connectivity index (χ4v) is 3.08. The number of aliphatic hydroxyl groups is 4. The van der Waals surface area contributed by atoms with Crippen molar-refractivity contribution in [2.24, 2.45) is 0 Å². The Hall–Kier alpha value is -1.51. The van der Waals surface area contributed by atoms with Gasteiger partial charge in [0, 0.05) is 18.7 Å². The Morgan fingerprint density at radius 1 is 1.16 bits per heavy atom. The number of hydrogen-bond donors (Lipinski definition) is 5. The van der Waals surface area contributed by atoms with Crippen LogP contribution in [-0.2, 0) is 0 Å². The summed E-state index contributed by atoms with van der Waals surface area (Å²) in [5.74, 6) is -0.111. The second-order valence-corrected chi connectivity index (χ2v) is 6.62. The molecule has 0 saturated carbocycles. The maximum absolute atomic E-state index is 12.0. The monoisotopic (exact) mass is 352 g/mol. The van der Waals surface area contributed by atoms with Crippen molar-refractivity contribution in [1.82, 2.24) is 10.2 Å². The number of nitrogens with one attached hydrogen (secondary N) is 1. The zero-order valence-corrected chi connectivity index (χ0v) is 14.5. The maximum Gasteiger partial charge on any atom is 0.251 e. The molecule has 5 N–H and O–H groups in total. The number of aliphatic hydroxyl groups excluding tert-OH is 4. The number of likely N-dealkylation sites (tertiary alicyclic amines) is 1. The first-order chi connectivity index (χ1) is 11.9. The van der Waals surface area contributed by atoms with Gasteiger partial charge in [0.15, 0.2) is 0 Å². The van der Waals surface area contributed by atoms with E-state index in [-0.39, 0.29) is 19.1 Å². The van der Waals surface area contributed by atoms with Crippen LogP contribution in [0.4, 0.5) is 0 Å². The molecule has 140 valence electrons. The lowest BCUT2D eigenvalue weighted by atomic mass is 9.94. The molecular formula is C18H28N2O5. The highest BCUT2D eigenvalue weighted by Crippen LogP contribution is 2.19. The topological polar surface area (TPSA) is 113 Å². The van der Waals surface area contributed by atoms with Gasteiger partial charge in [-0.1, -0.05) is 17.7 Å². The average molecular weight is 352 g/mol. The van der Waals surface area contributed by atoms with Gasteiger partial charge < -0.3 is 25.7 Å². The highest BCUT2D eigenvalue weighted by atomic mass is 16.4. The van der Waals surface area contributed by atoms with E-state index in [2.05, 4.69) is 5.32 Å². The second kappa shape index (κ2) is 9.26. The van der Waals surface area contributed by atoms with E-state index >= 15 is 0 Å². The average Bonchev–Trinajstić information content (AvgIpc) is 2.60. The molecule has 1 aromatic carbocycles. The standard InChI is InChI=1S/C18H28N2O5/c1-12-4-6-13(7-5-12)18(25)19-8-2-3-9-20-10-15(22)17(24)16(23)14(20)11-21/h4-7,14-17,21-24H,2-3,8-11H2,1H3,(H,19,25)/t14-,15+,16-,17-/m1/s1. The summed E-state index contributed by atoms with van der Waals surface area (Å²) in [6, 6.07) is 6.79. The van der Waals surface area contributed by atoms with Crippen LogP contribution < -0.4 is 5.32 Å². The van der Waals surface area contributed by atoms with Crippen molar-refractivity contribution >= 4 is 5.91 Å². The molecule has 0 aliphatic carbocycles. The molecule has 0 radical (unpaired) electrons. The molecule has 7 nitrogen and oxygen atoms in total. The van der Waals surface area contributed by atoms with Gasteiger partial charge in [0.05, 0.1) is 18.8 Å². The molecule has 4 atom stereocenters. The molecule has 0 bridgehead atoms. The molecule has 1 aromatic rings. The first kappa shape index (κ1) is 19.8. The molecule has 1 aliphatic rings. The maximum atomic E-state index is 12.0. The molecule has 1 heterocycles. The van der Waals surface area contributed by atoms with Crippen molar-refractivity contribution < 1.29 is 25.2 Å². The van der Waals surface area contributed by atoms with Crippen LogP contribution >= 0.6 is 0 Å². The van der Waals surface area contributed by atoms with E-state index in [1.54, 1.807) is 17.0 Å². The molecule has 1 saturated heterocycles. The van der Waals surface area contributed by atoms with Gasteiger partial charge in [0.25, 0.3) is 5.91 Å². The number of unbranched alkanes of at least 4 members (excludes halogenated alkanes) is 1. The van der Waals surface area contributed by atoms with Gasteiger partial charge >= 0.3 is 0 Å². The minimum Gasteiger partial charge on any atom is -0.395 e. The number of aryl methyl sites for hydroxylation is 1. The summed E-state index contributed by atoms with van der Waals surface area (Å²) in [5.41, 5.74) is 1.73. The molecule has 25 heavy (non-hydrogen) atoms. The fourth-order valence-electron chi connectivity index (χ4n) is 3.08. The Labute approximate surface area is 147 Å². The van der Waals surface area contributed by atoms with E-state index in [0.717, 1.165) is 18.4 Å². The van der Waals surface area contributed by atoms with Gasteiger partial charge in [0.2, 0.25) is 0 Å². The Morgan fingerprint density at radius 2 is 1.84 bits per heavy atom. The van der Waals surface area contributed by atoms with Crippen molar-refractivity contribution in [1.29, 1.82) is 0 Å². The van der Waals surface area contributed by atoms with Crippen molar-refractivity contribution in [3.8, 4) is 0 Å². The number of amides is 1. The molecule has 0 spiro atoms. The second-order valence-electron chi connectivity index (χ2n) is 6.62. The van der Waals surface area contributed by atoms with Crippen LogP contribution in [0.15, 0.2) is 24.3 Å². The van der Waals surface area contributed by atoms with E-state index in [4.69, 9.17) is 0 Å². The number of β-amino-alcohol motifs (C(OH)–C–C–N with tert-alkyl or cyclic N) is 1. The summed E-state index contributed by atoms with van der Waals surface area (Å²) in [6.45, 7) is 2.98. The van der Waals surface area contributed by atoms with Crippen LogP contribution in [0.25, 0.3) is 0 Å². The molecule has 1 fully saturated rings. The molecule has 1 amide bonds. The fraction of sp³-hybridized carbons (Fsp3) is 0.611. The van der Waals surface area contributed by atoms with E-state index < -0.39 is 24.4 Å². The van der Waals surface area contributed by atoms with Gasteiger partial charge in [0.1, 0.15) is 12.2 Å². The van der Waals surface area contributed by atoms with Gasteiger partial charge in [-0.2, -0.15) is 0 Å². The molecule has 1 aliphatic heterocycles.